The van der Waals surface area contributed by atoms with Crippen LogP contribution in [0.4, 0.5) is 0 Å². The Labute approximate surface area is 188 Å². The van der Waals surface area contributed by atoms with Gasteiger partial charge in [0.25, 0.3) is 0 Å². The number of carbonyl (C=O) groups is 1. The zero-order chi connectivity index (χ0) is 23.0. The van der Waals surface area contributed by atoms with Gasteiger partial charge in [-0.1, -0.05) is 66.9 Å². The van der Waals surface area contributed by atoms with Gasteiger partial charge < -0.3 is 9.26 Å². The van der Waals surface area contributed by atoms with Crippen molar-refractivity contribution in [1.82, 2.24) is 5.16 Å². The number of nitrogens with zero attached hydrogens (tertiary/aromatic N) is 1. The Bertz CT molecular complexity index is 1120. The van der Waals surface area contributed by atoms with Gasteiger partial charge in [0.05, 0.1) is 17.6 Å². The summed E-state index contributed by atoms with van der Waals surface area (Å²) in [5.41, 5.74) is 3.34. The van der Waals surface area contributed by atoms with E-state index in [1.54, 1.807) is 12.1 Å². The molecule has 170 valence electrons. The lowest BCUT2D eigenvalue weighted by Gasteiger charge is -2.07. The zero-order valence-corrected chi connectivity index (χ0v) is 18.9. The van der Waals surface area contributed by atoms with Crippen LogP contribution >= 0.6 is 0 Å². The lowest BCUT2D eigenvalue weighted by atomic mass is 9.97. The first-order chi connectivity index (χ1) is 15.4. The molecule has 32 heavy (non-hydrogen) atoms. The van der Waals surface area contributed by atoms with Gasteiger partial charge >= 0.3 is 5.97 Å². The van der Waals surface area contributed by atoms with Crippen LogP contribution in [-0.4, -0.2) is 26.7 Å². The number of ether oxygens (including phenoxy) is 1. The van der Waals surface area contributed by atoms with Crippen LogP contribution in [0.15, 0.2) is 64.0 Å². The van der Waals surface area contributed by atoms with Crippen molar-refractivity contribution < 1.29 is 22.5 Å². The van der Waals surface area contributed by atoms with E-state index in [0.717, 1.165) is 60.2 Å². The van der Waals surface area contributed by atoms with Gasteiger partial charge in [-0.2, -0.15) is 0 Å². The molecule has 0 aliphatic heterocycles. The number of hydrogen-bond donors (Lipinski definition) is 1. The number of aromatic nitrogens is 1. The van der Waals surface area contributed by atoms with Crippen molar-refractivity contribution in [3.63, 3.8) is 0 Å². The number of unbranched alkanes of at least 4 members (excludes halogenated alkanes) is 4. The van der Waals surface area contributed by atoms with Crippen LogP contribution in [0.1, 0.15) is 44.3 Å². The molecule has 2 aromatic carbocycles. The second kappa shape index (κ2) is 11.1. The molecule has 0 atom stereocenters. The molecule has 3 rings (SSSR count). The Morgan fingerprint density at radius 1 is 0.938 bits per heavy atom. The molecule has 0 radical (unpaired) electrons. The number of benzene rings is 2. The first kappa shape index (κ1) is 23.7. The molecule has 2 N–H and O–H groups in total. The average molecular weight is 457 g/mol. The second-order valence-corrected chi connectivity index (χ2v) is 9.17. The summed E-state index contributed by atoms with van der Waals surface area (Å²) in [6.07, 6.45) is 5.92. The number of rotatable bonds is 11. The summed E-state index contributed by atoms with van der Waals surface area (Å²) in [6.45, 7) is 0. The van der Waals surface area contributed by atoms with Crippen LogP contribution in [0.5, 0.6) is 0 Å². The van der Waals surface area contributed by atoms with Crippen molar-refractivity contribution >= 4 is 16.0 Å². The Morgan fingerprint density at radius 3 is 2.25 bits per heavy atom. The number of methoxy groups -OCH3 is 1. The highest BCUT2D eigenvalue weighted by Crippen LogP contribution is 2.35. The van der Waals surface area contributed by atoms with Gasteiger partial charge in [0.1, 0.15) is 11.5 Å². The maximum atomic E-state index is 11.6. The standard InChI is InChI=1S/C24H28N2O5S/c1-30-22(27)13-9-4-2-3-8-12-21-23(18-14-16-20(17-15-18)32(25,28)29)24(26-31-21)19-10-6-5-7-11-19/h5-7,10-11,14-17H,2-4,8-9,12-13H2,1H3,(H2,25,28,29). The molecule has 0 saturated carbocycles. The van der Waals surface area contributed by atoms with Crippen molar-refractivity contribution in [3.05, 3.63) is 60.4 Å². The van der Waals surface area contributed by atoms with E-state index >= 15 is 0 Å². The van der Waals surface area contributed by atoms with E-state index in [4.69, 9.17) is 9.66 Å². The third-order valence-electron chi connectivity index (χ3n) is 5.29. The minimum absolute atomic E-state index is 0.0625. The molecular formula is C24H28N2O5S. The van der Waals surface area contributed by atoms with Crippen LogP contribution < -0.4 is 5.14 Å². The molecule has 1 aromatic heterocycles. The number of esters is 1. The van der Waals surface area contributed by atoms with Crippen LogP contribution in [0.25, 0.3) is 22.4 Å². The third kappa shape index (κ3) is 6.27. The Balaban J connectivity index is 1.74. The van der Waals surface area contributed by atoms with E-state index in [-0.39, 0.29) is 10.9 Å². The monoisotopic (exact) mass is 456 g/mol. The maximum Gasteiger partial charge on any atom is 0.305 e. The Kier molecular flexibility index (Phi) is 8.19. The zero-order valence-electron chi connectivity index (χ0n) is 18.1. The van der Waals surface area contributed by atoms with E-state index in [9.17, 15) is 13.2 Å². The second-order valence-electron chi connectivity index (χ2n) is 7.61. The first-order valence-corrected chi connectivity index (χ1v) is 12.2. The molecule has 1 heterocycles. The van der Waals surface area contributed by atoms with Gasteiger partial charge in [-0.3, -0.25) is 4.79 Å². The molecular weight excluding hydrogens is 428 g/mol. The van der Waals surface area contributed by atoms with Crippen LogP contribution in [0.3, 0.4) is 0 Å². The van der Waals surface area contributed by atoms with Crippen LogP contribution in [-0.2, 0) is 26.0 Å². The minimum atomic E-state index is -3.76. The first-order valence-electron chi connectivity index (χ1n) is 10.6. The molecule has 0 saturated heterocycles. The maximum absolute atomic E-state index is 11.6. The molecule has 0 amide bonds. The van der Waals surface area contributed by atoms with Gasteiger partial charge in [0, 0.05) is 18.4 Å². The third-order valence-corrected chi connectivity index (χ3v) is 6.22. The van der Waals surface area contributed by atoms with E-state index in [1.165, 1.54) is 19.2 Å². The number of sulfonamides is 1. The Morgan fingerprint density at radius 2 is 1.59 bits per heavy atom. The Hall–Kier alpha value is -2.97. The normalized spacial score (nSPS) is 11.4. The fourth-order valence-electron chi connectivity index (χ4n) is 3.58. The largest absolute Gasteiger partial charge is 0.469 e. The summed E-state index contributed by atoms with van der Waals surface area (Å²) < 4.78 is 33.6. The highest BCUT2D eigenvalue weighted by molar-refractivity contribution is 7.89. The molecule has 0 aliphatic carbocycles. The predicted molar refractivity (Wildman–Crippen MR) is 122 cm³/mol. The van der Waals surface area contributed by atoms with E-state index in [2.05, 4.69) is 9.89 Å². The number of aryl methyl sites for hydroxylation is 1. The molecule has 0 aliphatic rings. The quantitative estimate of drug-likeness (QED) is 0.330. The van der Waals surface area contributed by atoms with Gasteiger partial charge in [0.2, 0.25) is 10.0 Å². The fourth-order valence-corrected chi connectivity index (χ4v) is 4.10. The van der Waals surface area contributed by atoms with Crippen molar-refractivity contribution in [1.29, 1.82) is 0 Å². The SMILES string of the molecule is COC(=O)CCCCCCCc1onc(-c2ccccc2)c1-c1ccc(S(N)(=O)=O)cc1. The van der Waals surface area contributed by atoms with Gasteiger partial charge in [-0.05, 0) is 30.5 Å². The van der Waals surface area contributed by atoms with Gasteiger partial charge in [-0.15, -0.1) is 0 Å². The summed E-state index contributed by atoms with van der Waals surface area (Å²) in [6, 6.07) is 16.2. The highest BCUT2D eigenvalue weighted by Gasteiger charge is 2.19. The molecule has 0 fully saturated rings. The minimum Gasteiger partial charge on any atom is -0.469 e. The van der Waals surface area contributed by atoms with E-state index < -0.39 is 10.0 Å². The summed E-state index contributed by atoms with van der Waals surface area (Å²) >= 11 is 0. The van der Waals surface area contributed by atoms with Crippen molar-refractivity contribution in [2.45, 2.75) is 49.8 Å². The molecule has 0 bridgehead atoms. The van der Waals surface area contributed by atoms with Crippen molar-refractivity contribution in [2.24, 2.45) is 5.14 Å². The molecule has 7 nitrogen and oxygen atoms in total. The lowest BCUT2D eigenvalue weighted by Crippen LogP contribution is -2.11. The van der Waals surface area contributed by atoms with E-state index in [0.29, 0.717) is 12.8 Å². The number of primary sulfonamides is 1. The lowest BCUT2D eigenvalue weighted by molar-refractivity contribution is -0.140. The van der Waals surface area contributed by atoms with Crippen molar-refractivity contribution in [3.8, 4) is 22.4 Å². The summed E-state index contributed by atoms with van der Waals surface area (Å²) in [7, 11) is -2.36. The fraction of sp³-hybridized carbons (Fsp3) is 0.333. The van der Waals surface area contributed by atoms with Gasteiger partial charge in [-0.25, -0.2) is 13.6 Å². The summed E-state index contributed by atoms with van der Waals surface area (Å²) in [5, 5.41) is 9.55. The highest BCUT2D eigenvalue weighted by atomic mass is 32.2. The molecule has 8 heteroatoms. The predicted octanol–water partition coefficient (Wildman–Crippen LogP) is 4.71. The average Bonchev–Trinajstić information content (AvgIpc) is 3.22. The number of hydrogen-bond acceptors (Lipinski definition) is 6. The van der Waals surface area contributed by atoms with Crippen LogP contribution in [0.2, 0.25) is 0 Å². The molecule has 0 unspecified atom stereocenters. The van der Waals surface area contributed by atoms with Crippen LogP contribution in [0, 0.1) is 0 Å². The number of carbonyl (C=O) groups excluding carboxylic acids is 1. The molecule has 0 spiro atoms. The topological polar surface area (TPSA) is 112 Å². The van der Waals surface area contributed by atoms with Gasteiger partial charge in [0.15, 0.2) is 0 Å². The summed E-state index contributed by atoms with van der Waals surface area (Å²) in [5.74, 6) is 0.597. The van der Waals surface area contributed by atoms with Crippen molar-refractivity contribution in [2.75, 3.05) is 7.11 Å². The number of nitrogens with two attached hydrogens (primary N) is 1. The molecule has 3 aromatic rings. The smallest absolute Gasteiger partial charge is 0.305 e. The summed E-state index contributed by atoms with van der Waals surface area (Å²) in [4.78, 5) is 11.2. The van der Waals surface area contributed by atoms with E-state index in [1.807, 2.05) is 30.3 Å².